The quantitative estimate of drug-likeness (QED) is 0.509. The molecule has 2 aromatic carbocycles. The van der Waals surface area contributed by atoms with Crippen molar-refractivity contribution in [2.75, 3.05) is 39.4 Å². The molecule has 1 saturated heterocycles. The van der Waals surface area contributed by atoms with Crippen LogP contribution >= 0.6 is 0 Å². The van der Waals surface area contributed by atoms with Crippen LogP contribution in [0.4, 0.5) is 0 Å². The summed E-state index contributed by atoms with van der Waals surface area (Å²) in [6.45, 7) is 4.62. The zero-order valence-corrected chi connectivity index (χ0v) is 18.6. The maximum Gasteiger partial charge on any atom is 0.270 e. The van der Waals surface area contributed by atoms with Gasteiger partial charge >= 0.3 is 0 Å². The van der Waals surface area contributed by atoms with Gasteiger partial charge < -0.3 is 4.74 Å². The highest BCUT2D eigenvalue weighted by Gasteiger charge is 2.27. The van der Waals surface area contributed by atoms with Gasteiger partial charge in [-0.3, -0.25) is 14.9 Å². The van der Waals surface area contributed by atoms with Crippen LogP contribution in [0.1, 0.15) is 12.0 Å². The first kappa shape index (κ1) is 22.6. The summed E-state index contributed by atoms with van der Waals surface area (Å²) in [5, 5.41) is 8.72. The van der Waals surface area contributed by atoms with Crippen LogP contribution in [0.5, 0.6) is 0 Å². The number of nitrogens with one attached hydrogen (secondary N) is 1. The second-order valence-corrected chi connectivity index (χ2v) is 9.83. The summed E-state index contributed by atoms with van der Waals surface area (Å²) in [5.74, 6) is -0.595. The van der Waals surface area contributed by atoms with Gasteiger partial charge in [-0.25, -0.2) is 13.9 Å². The van der Waals surface area contributed by atoms with Crippen LogP contribution in [0, 0.1) is 0 Å². The minimum atomic E-state index is -3.66. The van der Waals surface area contributed by atoms with Crippen molar-refractivity contribution >= 4 is 15.9 Å². The molecule has 0 atom stereocenters. The summed E-state index contributed by atoms with van der Waals surface area (Å²) >= 11 is 0. The number of carbonyl (C=O) groups is 1. The Kier molecular flexibility index (Phi) is 7.02. The van der Waals surface area contributed by atoms with E-state index in [1.165, 1.54) is 15.9 Å². The number of sulfonamides is 1. The number of hydrogen-bond acceptors (Lipinski definition) is 6. The molecule has 1 fully saturated rings. The van der Waals surface area contributed by atoms with E-state index in [9.17, 15) is 13.2 Å². The molecule has 2 aliphatic rings. The molecule has 170 valence electrons. The van der Waals surface area contributed by atoms with E-state index in [4.69, 9.17) is 9.94 Å². The average Bonchev–Trinajstić information content (AvgIpc) is 2.85. The van der Waals surface area contributed by atoms with Crippen LogP contribution < -0.4 is 5.48 Å². The Bertz CT molecular complexity index is 1080. The van der Waals surface area contributed by atoms with Gasteiger partial charge in [0, 0.05) is 38.3 Å². The Hall–Kier alpha value is -2.56. The summed E-state index contributed by atoms with van der Waals surface area (Å²) in [4.78, 5) is 14.1. The van der Waals surface area contributed by atoms with E-state index in [0.29, 0.717) is 5.57 Å². The molecule has 2 aromatic rings. The van der Waals surface area contributed by atoms with Gasteiger partial charge in [-0.05, 0) is 35.2 Å². The lowest BCUT2D eigenvalue weighted by atomic mass is 10.0. The standard InChI is InChI=1S/C23H27N3O5S/c27-23(24-28)21-9-11-26(12-10-21)32(29,30)22-7-5-20(6-8-22)19-3-1-18(2-4-19)17-25-13-15-31-16-14-25/h1-9,28H,10-17H2,(H,24,27). The van der Waals surface area contributed by atoms with Crippen LogP contribution in [-0.4, -0.2) is 68.1 Å². The Balaban J connectivity index is 1.42. The number of amides is 1. The van der Waals surface area contributed by atoms with Crippen molar-refractivity contribution in [3.05, 3.63) is 65.7 Å². The molecule has 2 heterocycles. The minimum absolute atomic E-state index is 0.0947. The molecule has 2 N–H and O–H groups in total. The lowest BCUT2D eigenvalue weighted by molar-refractivity contribution is -0.125. The minimum Gasteiger partial charge on any atom is -0.379 e. The number of ether oxygens (including phenoxy) is 1. The largest absolute Gasteiger partial charge is 0.379 e. The number of hydroxylamine groups is 1. The molecule has 32 heavy (non-hydrogen) atoms. The average molecular weight is 458 g/mol. The van der Waals surface area contributed by atoms with Gasteiger partial charge in [0.25, 0.3) is 5.91 Å². The molecule has 2 aliphatic heterocycles. The lowest BCUT2D eigenvalue weighted by Crippen LogP contribution is -2.37. The van der Waals surface area contributed by atoms with Gasteiger partial charge in [0.15, 0.2) is 0 Å². The van der Waals surface area contributed by atoms with E-state index < -0.39 is 15.9 Å². The van der Waals surface area contributed by atoms with Gasteiger partial charge in [0.2, 0.25) is 10.0 Å². The zero-order valence-electron chi connectivity index (χ0n) is 17.7. The second-order valence-electron chi connectivity index (χ2n) is 7.89. The van der Waals surface area contributed by atoms with E-state index in [-0.39, 0.29) is 24.4 Å². The number of carbonyl (C=O) groups excluding carboxylic acids is 1. The van der Waals surface area contributed by atoms with Crippen molar-refractivity contribution in [1.29, 1.82) is 0 Å². The highest BCUT2D eigenvalue weighted by atomic mass is 32.2. The summed E-state index contributed by atoms with van der Waals surface area (Å²) in [6, 6.07) is 15.2. The van der Waals surface area contributed by atoms with Crippen molar-refractivity contribution in [2.24, 2.45) is 0 Å². The fourth-order valence-corrected chi connectivity index (χ4v) is 5.32. The topological polar surface area (TPSA) is 99.2 Å². The van der Waals surface area contributed by atoms with Gasteiger partial charge in [-0.1, -0.05) is 42.5 Å². The molecule has 0 saturated carbocycles. The monoisotopic (exact) mass is 457 g/mol. The van der Waals surface area contributed by atoms with Crippen molar-refractivity contribution in [3.8, 4) is 11.1 Å². The smallest absolute Gasteiger partial charge is 0.270 e. The Morgan fingerprint density at radius 3 is 2.16 bits per heavy atom. The third-order valence-electron chi connectivity index (χ3n) is 5.85. The van der Waals surface area contributed by atoms with Gasteiger partial charge in [0.05, 0.1) is 18.1 Å². The van der Waals surface area contributed by atoms with Crippen molar-refractivity contribution < 1.29 is 23.2 Å². The SMILES string of the molecule is O=C(NO)C1=CCN(S(=O)(=O)c2ccc(-c3ccc(CN4CCOCC4)cc3)cc2)CC1. The molecule has 9 heteroatoms. The summed E-state index contributed by atoms with van der Waals surface area (Å²) in [6.07, 6.45) is 1.78. The molecule has 4 rings (SSSR count). The van der Waals surface area contributed by atoms with E-state index in [2.05, 4.69) is 29.2 Å². The molecular formula is C23H27N3O5S. The van der Waals surface area contributed by atoms with Crippen LogP contribution in [0.25, 0.3) is 11.1 Å². The molecule has 8 nitrogen and oxygen atoms in total. The van der Waals surface area contributed by atoms with E-state index in [1.54, 1.807) is 17.6 Å². The molecule has 0 radical (unpaired) electrons. The van der Waals surface area contributed by atoms with Crippen molar-refractivity contribution in [1.82, 2.24) is 14.7 Å². The first-order chi connectivity index (χ1) is 15.5. The second kappa shape index (κ2) is 9.93. The zero-order chi connectivity index (χ0) is 22.6. The number of morpholine rings is 1. The highest BCUT2D eigenvalue weighted by Crippen LogP contribution is 2.25. The maximum absolute atomic E-state index is 12.9. The van der Waals surface area contributed by atoms with E-state index >= 15 is 0 Å². The molecule has 0 spiro atoms. The fraction of sp³-hybridized carbons (Fsp3) is 0.348. The fourth-order valence-electron chi connectivity index (χ4n) is 3.94. The van der Waals surface area contributed by atoms with Gasteiger partial charge in [-0.15, -0.1) is 0 Å². The Morgan fingerprint density at radius 1 is 0.969 bits per heavy atom. The molecule has 0 aliphatic carbocycles. The lowest BCUT2D eigenvalue weighted by Gasteiger charge is -2.26. The predicted octanol–water partition coefficient (Wildman–Crippen LogP) is 2.01. The number of benzene rings is 2. The Morgan fingerprint density at radius 2 is 1.59 bits per heavy atom. The normalized spacial score (nSPS) is 18.2. The number of hydrogen-bond donors (Lipinski definition) is 2. The summed E-state index contributed by atoms with van der Waals surface area (Å²) in [7, 11) is -3.66. The van der Waals surface area contributed by atoms with Crippen LogP contribution in [0.2, 0.25) is 0 Å². The van der Waals surface area contributed by atoms with Crippen LogP contribution in [-0.2, 0) is 26.1 Å². The predicted molar refractivity (Wildman–Crippen MR) is 119 cm³/mol. The molecule has 0 unspecified atom stereocenters. The maximum atomic E-state index is 12.9. The Labute approximate surface area is 188 Å². The summed E-state index contributed by atoms with van der Waals surface area (Å²) < 4.78 is 32.6. The first-order valence-electron chi connectivity index (χ1n) is 10.6. The van der Waals surface area contributed by atoms with E-state index in [1.807, 2.05) is 12.1 Å². The van der Waals surface area contributed by atoms with Crippen molar-refractivity contribution in [2.45, 2.75) is 17.9 Å². The number of rotatable bonds is 6. The van der Waals surface area contributed by atoms with Gasteiger partial charge in [0.1, 0.15) is 0 Å². The third kappa shape index (κ3) is 5.08. The highest BCUT2D eigenvalue weighted by molar-refractivity contribution is 7.89. The van der Waals surface area contributed by atoms with Crippen LogP contribution in [0.15, 0.2) is 65.1 Å². The molecular weight excluding hydrogens is 430 g/mol. The first-order valence-corrected chi connectivity index (χ1v) is 12.0. The molecule has 0 aromatic heterocycles. The van der Waals surface area contributed by atoms with Crippen LogP contribution in [0.3, 0.4) is 0 Å². The molecule has 1 amide bonds. The molecule has 0 bridgehead atoms. The van der Waals surface area contributed by atoms with Crippen molar-refractivity contribution in [3.63, 3.8) is 0 Å². The number of nitrogens with zero attached hydrogens (tertiary/aromatic N) is 2. The van der Waals surface area contributed by atoms with E-state index in [0.717, 1.165) is 44.0 Å². The summed E-state index contributed by atoms with van der Waals surface area (Å²) in [5.41, 5.74) is 5.18. The van der Waals surface area contributed by atoms with Gasteiger partial charge in [-0.2, -0.15) is 4.31 Å². The third-order valence-corrected chi connectivity index (χ3v) is 7.73.